The van der Waals surface area contributed by atoms with Gasteiger partial charge in [-0.3, -0.25) is 9.59 Å². The van der Waals surface area contributed by atoms with Crippen LogP contribution in [0.2, 0.25) is 0 Å². The maximum absolute atomic E-state index is 13.2. The lowest BCUT2D eigenvalue weighted by Gasteiger charge is -2.09. The second kappa shape index (κ2) is 9.15. The fourth-order valence-electron chi connectivity index (χ4n) is 2.18. The van der Waals surface area contributed by atoms with Crippen LogP contribution in [0.5, 0.6) is 5.75 Å². The van der Waals surface area contributed by atoms with E-state index < -0.39 is 17.6 Å². The summed E-state index contributed by atoms with van der Waals surface area (Å²) in [7, 11) is 1.49. The van der Waals surface area contributed by atoms with Crippen molar-refractivity contribution >= 4 is 29.6 Å². The van der Waals surface area contributed by atoms with Gasteiger partial charge in [-0.2, -0.15) is 0 Å². The van der Waals surface area contributed by atoms with E-state index >= 15 is 0 Å². The van der Waals surface area contributed by atoms with Gasteiger partial charge in [0.05, 0.1) is 12.9 Å². The molecule has 0 radical (unpaired) electrons. The Kier molecular flexibility index (Phi) is 6.91. The molecule has 0 saturated heterocycles. The zero-order valence-electron chi connectivity index (χ0n) is 13.9. The molecule has 2 aromatic rings. The van der Waals surface area contributed by atoms with E-state index in [2.05, 4.69) is 0 Å². The fraction of sp³-hybridized carbons (Fsp3) is 0.158. The molecule has 26 heavy (non-hydrogen) atoms. The van der Waals surface area contributed by atoms with Gasteiger partial charge in [0.1, 0.15) is 5.75 Å². The Balaban J connectivity index is 2.15. The molecule has 1 N–H and O–H groups in total. The fourth-order valence-corrected chi connectivity index (χ4v) is 2.90. The highest BCUT2D eigenvalue weighted by Crippen LogP contribution is 2.25. The maximum atomic E-state index is 13.2. The average Bonchev–Trinajstić information content (AvgIpc) is 2.62. The van der Waals surface area contributed by atoms with Crippen LogP contribution in [0, 0.1) is 11.6 Å². The third kappa shape index (κ3) is 5.42. The summed E-state index contributed by atoms with van der Waals surface area (Å²) in [6.45, 7) is 0. The van der Waals surface area contributed by atoms with Crippen molar-refractivity contribution in [3.05, 3.63) is 70.8 Å². The maximum Gasteiger partial charge on any atom is 0.313 e. The second-order valence-corrected chi connectivity index (χ2v) is 6.27. The summed E-state index contributed by atoms with van der Waals surface area (Å²) in [6.07, 6.45) is 2.66. The van der Waals surface area contributed by atoms with E-state index in [-0.39, 0.29) is 11.5 Å². The lowest BCUT2D eigenvalue weighted by Crippen LogP contribution is -2.01. The van der Waals surface area contributed by atoms with Gasteiger partial charge in [-0.05, 0) is 42.0 Å². The number of carboxylic acid groups (broad SMARTS) is 1. The topological polar surface area (TPSA) is 63.6 Å². The van der Waals surface area contributed by atoms with Crippen molar-refractivity contribution in [1.29, 1.82) is 0 Å². The van der Waals surface area contributed by atoms with Crippen molar-refractivity contribution in [3.63, 3.8) is 0 Å². The van der Waals surface area contributed by atoms with Crippen LogP contribution in [0.25, 0.3) is 6.08 Å². The van der Waals surface area contributed by atoms with E-state index in [1.807, 2.05) is 0 Å². The Morgan fingerprint density at radius 3 is 2.58 bits per heavy atom. The molecular weight excluding hydrogens is 362 g/mol. The third-order valence-corrected chi connectivity index (χ3v) is 4.39. The van der Waals surface area contributed by atoms with Crippen molar-refractivity contribution in [1.82, 2.24) is 0 Å². The number of methoxy groups -OCH3 is 1. The highest BCUT2D eigenvalue weighted by molar-refractivity contribution is 7.99. The summed E-state index contributed by atoms with van der Waals surface area (Å²) in [5, 5.41) is 8.71. The Hall–Kier alpha value is -2.67. The molecule has 0 aromatic heterocycles. The number of ether oxygens (including phenoxy) is 1. The highest BCUT2D eigenvalue weighted by Gasteiger charge is 2.10. The van der Waals surface area contributed by atoms with E-state index in [1.54, 1.807) is 18.2 Å². The second-order valence-electron chi connectivity index (χ2n) is 5.28. The zero-order valence-corrected chi connectivity index (χ0v) is 14.7. The Bertz CT molecular complexity index is 849. The predicted molar refractivity (Wildman–Crippen MR) is 96.5 cm³/mol. The molecule has 0 aliphatic heterocycles. The summed E-state index contributed by atoms with van der Waals surface area (Å²) in [5.41, 5.74) is 1.45. The number of aliphatic carboxylic acids is 1. The monoisotopic (exact) mass is 378 g/mol. The van der Waals surface area contributed by atoms with Crippen molar-refractivity contribution in [2.24, 2.45) is 0 Å². The average molecular weight is 378 g/mol. The molecule has 0 heterocycles. The molecule has 2 rings (SSSR count). The van der Waals surface area contributed by atoms with Crippen molar-refractivity contribution < 1.29 is 28.2 Å². The van der Waals surface area contributed by atoms with Gasteiger partial charge in [0.25, 0.3) is 0 Å². The van der Waals surface area contributed by atoms with Gasteiger partial charge >= 0.3 is 5.97 Å². The number of benzene rings is 2. The minimum Gasteiger partial charge on any atom is -0.496 e. The molecule has 0 spiro atoms. The van der Waals surface area contributed by atoms with Crippen LogP contribution in [-0.2, 0) is 10.5 Å². The number of hydrogen-bond acceptors (Lipinski definition) is 4. The van der Waals surface area contributed by atoms with Crippen LogP contribution in [-0.4, -0.2) is 29.7 Å². The molecule has 0 amide bonds. The third-order valence-electron chi connectivity index (χ3n) is 3.42. The van der Waals surface area contributed by atoms with Gasteiger partial charge in [-0.25, -0.2) is 8.78 Å². The number of carbonyl (C=O) groups excluding carboxylic acids is 1. The molecule has 136 valence electrons. The molecule has 7 heteroatoms. The van der Waals surface area contributed by atoms with Gasteiger partial charge in [-0.1, -0.05) is 12.1 Å². The molecule has 0 aliphatic carbocycles. The van der Waals surface area contributed by atoms with Gasteiger partial charge in [-0.15, -0.1) is 11.8 Å². The molecule has 0 unspecified atom stereocenters. The normalized spacial score (nSPS) is 10.9. The molecule has 4 nitrogen and oxygen atoms in total. The van der Waals surface area contributed by atoms with E-state index in [0.717, 1.165) is 12.1 Å². The first-order valence-electron chi connectivity index (χ1n) is 7.54. The van der Waals surface area contributed by atoms with Crippen molar-refractivity contribution in [2.45, 2.75) is 5.75 Å². The molecular formula is C19H16F2O4S. The van der Waals surface area contributed by atoms with Crippen molar-refractivity contribution in [3.8, 4) is 5.75 Å². The van der Waals surface area contributed by atoms with Crippen LogP contribution < -0.4 is 4.74 Å². The lowest BCUT2D eigenvalue weighted by atomic mass is 10.1. The van der Waals surface area contributed by atoms with Crippen molar-refractivity contribution in [2.75, 3.05) is 12.9 Å². The molecule has 0 bridgehead atoms. The minimum absolute atomic E-state index is 0.0582. The molecule has 2 aromatic carbocycles. The van der Waals surface area contributed by atoms with E-state index in [0.29, 0.717) is 28.2 Å². The number of carbonyl (C=O) groups is 2. The summed E-state index contributed by atoms with van der Waals surface area (Å²) < 4.78 is 31.3. The minimum atomic E-state index is -0.984. The number of thioether (sulfide) groups is 1. The smallest absolute Gasteiger partial charge is 0.313 e. The summed E-state index contributed by atoms with van der Waals surface area (Å²) in [5.74, 6) is -2.30. The number of carboxylic acids is 1. The van der Waals surface area contributed by atoms with E-state index in [9.17, 15) is 18.4 Å². The van der Waals surface area contributed by atoms with Crippen LogP contribution in [0.4, 0.5) is 8.78 Å². The van der Waals surface area contributed by atoms with Crippen LogP contribution in [0.3, 0.4) is 0 Å². The van der Waals surface area contributed by atoms with Gasteiger partial charge < -0.3 is 9.84 Å². The first-order valence-corrected chi connectivity index (χ1v) is 8.70. The predicted octanol–water partition coefficient (Wildman–Crippen LogP) is 4.19. The van der Waals surface area contributed by atoms with Crippen LogP contribution >= 0.6 is 11.8 Å². The summed E-state index contributed by atoms with van der Waals surface area (Å²) in [6, 6.07) is 8.21. The van der Waals surface area contributed by atoms with Crippen LogP contribution in [0.1, 0.15) is 21.5 Å². The molecule has 0 saturated carbocycles. The Morgan fingerprint density at radius 1 is 1.15 bits per heavy atom. The first-order chi connectivity index (χ1) is 12.4. The number of rotatable bonds is 8. The highest BCUT2D eigenvalue weighted by atomic mass is 32.2. The lowest BCUT2D eigenvalue weighted by molar-refractivity contribution is -0.133. The van der Waals surface area contributed by atoms with Gasteiger partial charge in [0.15, 0.2) is 17.4 Å². The summed E-state index contributed by atoms with van der Waals surface area (Å²) >= 11 is 1.19. The number of hydrogen-bond donors (Lipinski definition) is 1. The van der Waals surface area contributed by atoms with E-state index in [4.69, 9.17) is 9.84 Å². The molecule has 0 atom stereocenters. The first kappa shape index (κ1) is 19.7. The zero-order chi connectivity index (χ0) is 19.1. The molecule has 0 aliphatic rings. The quantitative estimate of drug-likeness (QED) is 0.551. The van der Waals surface area contributed by atoms with Gasteiger partial charge in [0.2, 0.25) is 0 Å². The summed E-state index contributed by atoms with van der Waals surface area (Å²) in [4.78, 5) is 22.9. The van der Waals surface area contributed by atoms with Gasteiger partial charge in [0, 0.05) is 16.9 Å². The number of halogens is 2. The Labute approximate surface area is 153 Å². The van der Waals surface area contributed by atoms with Crippen LogP contribution in [0.15, 0.2) is 42.5 Å². The van der Waals surface area contributed by atoms with E-state index in [1.165, 1.54) is 37.1 Å². The Morgan fingerprint density at radius 2 is 1.92 bits per heavy atom. The largest absolute Gasteiger partial charge is 0.496 e. The molecule has 0 fully saturated rings. The number of allylic oxidation sites excluding steroid dienone is 1. The number of ketones is 1. The SMILES string of the molecule is COc1ccc(C(=O)/C=C/c2ccc(F)c(F)c2)cc1CSCC(=O)O. The standard InChI is InChI=1S/C19H16F2O4S/c1-25-18-7-4-13(9-14(18)10-26-11-19(23)24)17(22)6-3-12-2-5-15(20)16(21)8-12/h2-9H,10-11H2,1H3,(H,23,24)/b6-3+.